The lowest BCUT2D eigenvalue weighted by Gasteiger charge is -2.15. The molecule has 190 valence electrons. The van der Waals surface area contributed by atoms with Crippen molar-refractivity contribution in [2.24, 2.45) is 0 Å². The summed E-state index contributed by atoms with van der Waals surface area (Å²) in [5.74, 6) is -0.579. The number of urea groups is 1. The summed E-state index contributed by atoms with van der Waals surface area (Å²) in [5.41, 5.74) is 2.44. The summed E-state index contributed by atoms with van der Waals surface area (Å²) < 4.78 is 13.2. The summed E-state index contributed by atoms with van der Waals surface area (Å²) >= 11 is 6.88. The molecule has 0 radical (unpaired) electrons. The minimum atomic E-state index is -1.01. The van der Waals surface area contributed by atoms with Crippen molar-refractivity contribution in [2.75, 3.05) is 6.61 Å². The monoisotopic (exact) mass is 628 g/mol. The van der Waals surface area contributed by atoms with E-state index in [1.165, 1.54) is 6.07 Å². The van der Waals surface area contributed by atoms with Gasteiger partial charge in [-0.15, -0.1) is 0 Å². The molecule has 0 spiro atoms. The van der Waals surface area contributed by atoms with Crippen LogP contribution in [-0.4, -0.2) is 34.5 Å². The minimum Gasteiger partial charge on any atom is -0.490 e. The lowest BCUT2D eigenvalue weighted by Crippen LogP contribution is -2.30. The Balaban J connectivity index is 1.54. The molecule has 37 heavy (non-hydrogen) atoms. The van der Waals surface area contributed by atoms with Gasteiger partial charge < -0.3 is 19.9 Å². The molecular formula is C27H22Br2N2O6. The van der Waals surface area contributed by atoms with Crippen LogP contribution >= 0.6 is 31.9 Å². The number of carbonyl (C=O) groups excluding carboxylic acids is 2. The zero-order valence-corrected chi connectivity index (χ0v) is 22.8. The van der Waals surface area contributed by atoms with Crippen molar-refractivity contribution >= 4 is 55.8 Å². The molecule has 0 bridgehead atoms. The maximum Gasteiger partial charge on any atom is 0.335 e. The predicted octanol–water partition coefficient (Wildman–Crippen LogP) is 5.98. The Morgan fingerprint density at radius 2 is 1.78 bits per heavy atom. The van der Waals surface area contributed by atoms with Gasteiger partial charge in [0.2, 0.25) is 0 Å². The molecule has 1 fully saturated rings. The molecular weight excluding hydrogens is 608 g/mol. The number of rotatable bonds is 9. The Hall–Kier alpha value is -3.63. The van der Waals surface area contributed by atoms with Gasteiger partial charge in [0.25, 0.3) is 5.91 Å². The second-order valence-corrected chi connectivity index (χ2v) is 9.83. The van der Waals surface area contributed by atoms with Gasteiger partial charge in [0.15, 0.2) is 11.5 Å². The van der Waals surface area contributed by atoms with E-state index in [9.17, 15) is 19.5 Å². The summed E-state index contributed by atoms with van der Waals surface area (Å²) in [4.78, 5) is 37.8. The summed E-state index contributed by atoms with van der Waals surface area (Å²) in [6.07, 6.45) is 1.58. The first-order chi connectivity index (χ1) is 17.7. The number of halogens is 2. The van der Waals surface area contributed by atoms with E-state index >= 15 is 0 Å². The van der Waals surface area contributed by atoms with Crippen LogP contribution in [0, 0.1) is 0 Å². The first kappa shape index (κ1) is 26.4. The fourth-order valence-corrected chi connectivity index (χ4v) is 4.52. The van der Waals surface area contributed by atoms with E-state index in [1.54, 1.807) is 36.4 Å². The Kier molecular flexibility index (Phi) is 8.30. The number of carboxylic acids is 1. The zero-order chi connectivity index (χ0) is 26.5. The SMILES string of the molecule is CCOc1cc(/C=C2/NC(=O)N(Cc3ccc(Br)cc3)C2=O)cc(Br)c1OCc1cccc(C(=O)O)c1. The number of imide groups is 1. The van der Waals surface area contributed by atoms with Crippen molar-refractivity contribution in [3.8, 4) is 11.5 Å². The molecule has 1 heterocycles. The molecule has 4 rings (SSSR count). The highest BCUT2D eigenvalue weighted by Crippen LogP contribution is 2.38. The molecule has 0 aromatic heterocycles. The Morgan fingerprint density at radius 3 is 2.49 bits per heavy atom. The molecule has 1 saturated heterocycles. The van der Waals surface area contributed by atoms with Gasteiger partial charge in [0.05, 0.1) is 23.2 Å². The number of carbonyl (C=O) groups is 3. The van der Waals surface area contributed by atoms with Crippen molar-refractivity contribution in [2.45, 2.75) is 20.1 Å². The predicted molar refractivity (Wildman–Crippen MR) is 144 cm³/mol. The topological polar surface area (TPSA) is 105 Å². The van der Waals surface area contributed by atoms with Crippen molar-refractivity contribution in [3.05, 3.63) is 97.6 Å². The molecule has 0 unspecified atom stereocenters. The minimum absolute atomic E-state index is 0.125. The van der Waals surface area contributed by atoms with Crippen LogP contribution in [0.3, 0.4) is 0 Å². The van der Waals surface area contributed by atoms with E-state index in [0.29, 0.717) is 33.7 Å². The van der Waals surface area contributed by atoms with Gasteiger partial charge >= 0.3 is 12.0 Å². The van der Waals surface area contributed by atoms with Crippen LogP contribution in [0.1, 0.15) is 34.0 Å². The first-order valence-electron chi connectivity index (χ1n) is 11.3. The van der Waals surface area contributed by atoms with Gasteiger partial charge in [-0.2, -0.15) is 0 Å². The summed E-state index contributed by atoms with van der Waals surface area (Å²) in [6, 6.07) is 16.8. The molecule has 8 nitrogen and oxygen atoms in total. The number of hydrogen-bond acceptors (Lipinski definition) is 5. The van der Waals surface area contributed by atoms with Gasteiger partial charge in [-0.1, -0.05) is 40.2 Å². The van der Waals surface area contributed by atoms with Crippen LogP contribution in [0.15, 0.2) is 75.3 Å². The average Bonchev–Trinajstić information content (AvgIpc) is 3.12. The number of ether oxygens (including phenoxy) is 2. The van der Waals surface area contributed by atoms with Gasteiger partial charge in [-0.05, 0) is 82.0 Å². The van der Waals surface area contributed by atoms with Crippen LogP contribution < -0.4 is 14.8 Å². The lowest BCUT2D eigenvalue weighted by molar-refractivity contribution is -0.123. The van der Waals surface area contributed by atoms with Gasteiger partial charge in [0, 0.05) is 4.47 Å². The van der Waals surface area contributed by atoms with Gasteiger partial charge in [-0.25, -0.2) is 9.59 Å². The maximum atomic E-state index is 12.9. The molecule has 3 aromatic carbocycles. The normalized spacial score (nSPS) is 14.1. The highest BCUT2D eigenvalue weighted by atomic mass is 79.9. The Bertz CT molecular complexity index is 1390. The van der Waals surface area contributed by atoms with Crippen molar-refractivity contribution in [1.82, 2.24) is 10.2 Å². The van der Waals surface area contributed by atoms with Crippen molar-refractivity contribution in [3.63, 3.8) is 0 Å². The second-order valence-electron chi connectivity index (χ2n) is 8.06. The molecule has 1 aliphatic rings. The highest BCUT2D eigenvalue weighted by molar-refractivity contribution is 9.10. The van der Waals surface area contributed by atoms with Crippen LogP contribution in [0.25, 0.3) is 6.08 Å². The number of nitrogens with zero attached hydrogens (tertiary/aromatic N) is 1. The Morgan fingerprint density at radius 1 is 1.03 bits per heavy atom. The van der Waals surface area contributed by atoms with Gasteiger partial charge in [0.1, 0.15) is 12.3 Å². The molecule has 0 aliphatic carbocycles. The van der Waals surface area contributed by atoms with E-state index in [4.69, 9.17) is 9.47 Å². The van der Waals surface area contributed by atoms with Crippen molar-refractivity contribution < 1.29 is 29.0 Å². The number of hydrogen-bond donors (Lipinski definition) is 2. The number of amides is 3. The summed E-state index contributed by atoms with van der Waals surface area (Å²) in [5, 5.41) is 11.8. The molecule has 2 N–H and O–H groups in total. The fraction of sp³-hybridized carbons (Fsp3) is 0.148. The van der Waals surface area contributed by atoms with Gasteiger partial charge in [-0.3, -0.25) is 9.69 Å². The third kappa shape index (κ3) is 6.39. The second kappa shape index (κ2) is 11.6. The molecule has 1 aliphatic heterocycles. The smallest absolute Gasteiger partial charge is 0.335 e. The molecule has 3 amide bonds. The van der Waals surface area contributed by atoms with E-state index in [0.717, 1.165) is 14.9 Å². The standard InChI is InChI=1S/C27H22Br2N2O6/c1-2-36-23-13-18(11-21(29)24(23)37-15-17-4-3-5-19(10-17)26(33)34)12-22-25(32)31(27(35)30-22)14-16-6-8-20(28)9-7-16/h3-13H,2,14-15H2,1H3,(H,30,35)(H,33,34)/b22-12+. The quantitative estimate of drug-likeness (QED) is 0.223. The third-order valence-electron chi connectivity index (χ3n) is 5.42. The van der Waals surface area contributed by atoms with E-state index in [1.807, 2.05) is 31.2 Å². The molecule has 0 saturated carbocycles. The summed E-state index contributed by atoms with van der Waals surface area (Å²) in [7, 11) is 0. The highest BCUT2D eigenvalue weighted by Gasteiger charge is 2.33. The third-order valence-corrected chi connectivity index (χ3v) is 6.53. The van der Waals surface area contributed by atoms with Crippen LogP contribution in [-0.2, 0) is 17.9 Å². The molecule has 10 heteroatoms. The van der Waals surface area contributed by atoms with Crippen LogP contribution in [0.5, 0.6) is 11.5 Å². The average molecular weight is 630 g/mol. The van der Waals surface area contributed by atoms with E-state index < -0.39 is 17.9 Å². The van der Waals surface area contributed by atoms with E-state index in [-0.39, 0.29) is 24.4 Å². The lowest BCUT2D eigenvalue weighted by atomic mass is 10.1. The summed E-state index contributed by atoms with van der Waals surface area (Å²) in [6.45, 7) is 2.48. The van der Waals surface area contributed by atoms with Crippen LogP contribution in [0.2, 0.25) is 0 Å². The Labute approximate surface area is 230 Å². The first-order valence-corrected chi connectivity index (χ1v) is 12.8. The van der Waals surface area contributed by atoms with Crippen molar-refractivity contribution in [1.29, 1.82) is 0 Å². The number of aromatic carboxylic acids is 1. The van der Waals surface area contributed by atoms with Crippen LogP contribution in [0.4, 0.5) is 4.79 Å². The fourth-order valence-electron chi connectivity index (χ4n) is 3.68. The molecule has 0 atom stereocenters. The number of benzene rings is 3. The largest absolute Gasteiger partial charge is 0.490 e. The molecule has 3 aromatic rings. The van der Waals surface area contributed by atoms with E-state index in [2.05, 4.69) is 37.2 Å². The number of carboxylic acid groups (broad SMARTS) is 1. The number of nitrogens with one attached hydrogen (secondary N) is 1. The zero-order valence-electron chi connectivity index (χ0n) is 19.7. The maximum absolute atomic E-state index is 12.9.